The van der Waals surface area contributed by atoms with Gasteiger partial charge in [-0.3, -0.25) is 9.59 Å². The number of hydrogen-bond donors (Lipinski definition) is 2. The molecule has 0 bridgehead atoms. The number of halogens is 1. The molecule has 0 spiro atoms. The summed E-state index contributed by atoms with van der Waals surface area (Å²) in [5, 5.41) is 6.82. The van der Waals surface area contributed by atoms with Crippen molar-refractivity contribution in [2.75, 3.05) is 25.6 Å². The number of methoxy groups -OCH3 is 1. The molecule has 0 aliphatic carbocycles. The molecular formula is C27H32ClN3O5. The topological polar surface area (TPSA) is 98.7 Å². The first-order valence-electron chi connectivity index (χ1n) is 11.9. The van der Waals surface area contributed by atoms with Crippen LogP contribution in [0.5, 0.6) is 0 Å². The second-order valence-corrected chi connectivity index (χ2v) is 9.07. The van der Waals surface area contributed by atoms with Crippen molar-refractivity contribution in [3.8, 4) is 0 Å². The molecule has 0 radical (unpaired) electrons. The number of esters is 1. The van der Waals surface area contributed by atoms with E-state index in [0.717, 1.165) is 22.9 Å². The third-order valence-corrected chi connectivity index (χ3v) is 5.97. The summed E-state index contributed by atoms with van der Waals surface area (Å²) in [4.78, 5) is 37.4. The van der Waals surface area contributed by atoms with Crippen LogP contribution >= 0.6 is 11.6 Å². The zero-order chi connectivity index (χ0) is 26.2. The van der Waals surface area contributed by atoms with Crippen LogP contribution in [-0.2, 0) is 27.4 Å². The van der Waals surface area contributed by atoms with Gasteiger partial charge in [0.25, 0.3) is 5.91 Å². The van der Waals surface area contributed by atoms with Crippen LogP contribution in [0.4, 0.5) is 5.69 Å². The number of carbonyl (C=O) groups excluding carboxylic acids is 3. The quantitative estimate of drug-likeness (QED) is 0.277. The van der Waals surface area contributed by atoms with Gasteiger partial charge in [-0.1, -0.05) is 31.5 Å². The largest absolute Gasteiger partial charge is 0.461 e. The lowest BCUT2D eigenvalue weighted by atomic mass is 10.1. The SMILES string of the molecule is CCOC(=O)c1cc2cc(NC(=O)c3cc(CNC(=O)C(C)C)ccc3Cl)ccc2n1CCCOC. The molecule has 0 saturated heterocycles. The Kier molecular flexibility index (Phi) is 9.50. The van der Waals surface area contributed by atoms with Crippen LogP contribution in [0.2, 0.25) is 5.02 Å². The molecule has 9 heteroatoms. The van der Waals surface area contributed by atoms with E-state index in [1.165, 1.54) is 0 Å². The first kappa shape index (κ1) is 27.2. The highest BCUT2D eigenvalue weighted by Crippen LogP contribution is 2.26. The zero-order valence-corrected chi connectivity index (χ0v) is 21.8. The molecule has 2 N–H and O–H groups in total. The molecular weight excluding hydrogens is 482 g/mol. The lowest BCUT2D eigenvalue weighted by Crippen LogP contribution is -2.27. The Hall–Kier alpha value is -3.36. The fourth-order valence-electron chi connectivity index (χ4n) is 3.78. The van der Waals surface area contributed by atoms with Gasteiger partial charge in [0, 0.05) is 49.3 Å². The molecule has 36 heavy (non-hydrogen) atoms. The minimum Gasteiger partial charge on any atom is -0.461 e. The summed E-state index contributed by atoms with van der Waals surface area (Å²) in [6.45, 7) is 7.13. The predicted octanol–water partition coefficient (Wildman–Crippen LogP) is 5.03. The molecule has 3 rings (SSSR count). The summed E-state index contributed by atoms with van der Waals surface area (Å²) in [7, 11) is 1.64. The Morgan fingerprint density at radius 1 is 1.08 bits per heavy atom. The highest BCUT2D eigenvalue weighted by Gasteiger charge is 2.18. The van der Waals surface area contributed by atoms with E-state index in [2.05, 4.69) is 10.6 Å². The van der Waals surface area contributed by atoms with Gasteiger partial charge in [-0.15, -0.1) is 0 Å². The van der Waals surface area contributed by atoms with Gasteiger partial charge in [-0.25, -0.2) is 4.79 Å². The Labute approximate surface area is 215 Å². The summed E-state index contributed by atoms with van der Waals surface area (Å²) in [5.74, 6) is -0.971. The van der Waals surface area contributed by atoms with Crippen molar-refractivity contribution in [2.45, 2.75) is 40.3 Å². The van der Waals surface area contributed by atoms with Crippen molar-refractivity contribution in [1.29, 1.82) is 0 Å². The van der Waals surface area contributed by atoms with Crippen LogP contribution in [0.1, 0.15) is 53.6 Å². The first-order chi connectivity index (χ1) is 17.2. The van der Waals surface area contributed by atoms with E-state index < -0.39 is 5.97 Å². The van der Waals surface area contributed by atoms with E-state index in [9.17, 15) is 14.4 Å². The summed E-state index contributed by atoms with van der Waals surface area (Å²) in [5.41, 5.74) is 2.93. The molecule has 0 saturated carbocycles. The monoisotopic (exact) mass is 513 g/mol. The van der Waals surface area contributed by atoms with Crippen molar-refractivity contribution < 1.29 is 23.9 Å². The Bertz CT molecular complexity index is 1250. The van der Waals surface area contributed by atoms with Crippen molar-refractivity contribution in [1.82, 2.24) is 9.88 Å². The van der Waals surface area contributed by atoms with Gasteiger partial charge >= 0.3 is 5.97 Å². The minimum absolute atomic E-state index is 0.0689. The van der Waals surface area contributed by atoms with Gasteiger partial charge in [0.1, 0.15) is 5.69 Å². The lowest BCUT2D eigenvalue weighted by molar-refractivity contribution is -0.124. The normalized spacial score (nSPS) is 11.1. The first-order valence-corrected chi connectivity index (χ1v) is 12.3. The second-order valence-electron chi connectivity index (χ2n) is 8.66. The summed E-state index contributed by atoms with van der Waals surface area (Å²) in [6.07, 6.45) is 0.734. The number of aromatic nitrogens is 1. The standard InChI is InChI=1S/C27H32ClN3O5/c1-5-36-27(34)24-15-19-14-20(8-10-23(19)31(24)11-6-12-35-4)30-26(33)21-13-18(7-9-22(21)28)16-29-25(32)17(2)3/h7-10,13-15,17H,5-6,11-12,16H2,1-4H3,(H,29,32)(H,30,33). The van der Waals surface area contributed by atoms with Crippen molar-refractivity contribution in [3.63, 3.8) is 0 Å². The van der Waals surface area contributed by atoms with E-state index in [0.29, 0.717) is 41.7 Å². The number of carbonyl (C=O) groups is 3. The van der Waals surface area contributed by atoms with Crippen LogP contribution in [0.3, 0.4) is 0 Å². The summed E-state index contributed by atoms with van der Waals surface area (Å²) < 4.78 is 12.3. The lowest BCUT2D eigenvalue weighted by Gasteiger charge is -2.12. The molecule has 0 unspecified atom stereocenters. The van der Waals surface area contributed by atoms with Crippen LogP contribution < -0.4 is 10.6 Å². The van der Waals surface area contributed by atoms with Crippen LogP contribution in [-0.4, -0.2) is 42.7 Å². The van der Waals surface area contributed by atoms with Gasteiger partial charge in [-0.2, -0.15) is 0 Å². The highest BCUT2D eigenvalue weighted by molar-refractivity contribution is 6.34. The molecule has 0 aliphatic rings. The van der Waals surface area contributed by atoms with Gasteiger partial charge in [0.15, 0.2) is 0 Å². The average molecular weight is 514 g/mol. The van der Waals surface area contributed by atoms with E-state index in [1.54, 1.807) is 44.4 Å². The number of fused-ring (bicyclic) bond motifs is 1. The smallest absolute Gasteiger partial charge is 0.354 e. The minimum atomic E-state index is -0.398. The fourth-order valence-corrected chi connectivity index (χ4v) is 3.98. The van der Waals surface area contributed by atoms with Crippen LogP contribution in [0.15, 0.2) is 42.5 Å². The average Bonchev–Trinajstić information content (AvgIpc) is 3.21. The van der Waals surface area contributed by atoms with Crippen LogP contribution in [0, 0.1) is 5.92 Å². The number of anilines is 1. The molecule has 2 aromatic carbocycles. The maximum Gasteiger partial charge on any atom is 0.354 e. The molecule has 0 aliphatic heterocycles. The van der Waals surface area contributed by atoms with E-state index in [-0.39, 0.29) is 24.3 Å². The van der Waals surface area contributed by atoms with E-state index >= 15 is 0 Å². The predicted molar refractivity (Wildman–Crippen MR) is 140 cm³/mol. The number of hydrogen-bond acceptors (Lipinski definition) is 5. The Balaban J connectivity index is 1.83. The number of nitrogens with one attached hydrogen (secondary N) is 2. The molecule has 192 valence electrons. The molecule has 2 amide bonds. The maximum atomic E-state index is 13.0. The molecule has 3 aromatic rings. The van der Waals surface area contributed by atoms with Gasteiger partial charge < -0.3 is 24.7 Å². The van der Waals surface area contributed by atoms with Crippen molar-refractivity contribution in [2.24, 2.45) is 5.92 Å². The number of aryl methyl sites for hydroxylation is 1. The molecule has 0 fully saturated rings. The molecule has 8 nitrogen and oxygen atoms in total. The van der Waals surface area contributed by atoms with Crippen LogP contribution in [0.25, 0.3) is 10.9 Å². The molecule has 0 atom stereocenters. The van der Waals surface area contributed by atoms with Crippen molar-refractivity contribution >= 4 is 46.0 Å². The highest BCUT2D eigenvalue weighted by atomic mass is 35.5. The van der Waals surface area contributed by atoms with Gasteiger partial charge in [-0.05, 0) is 55.3 Å². The zero-order valence-electron chi connectivity index (χ0n) is 21.0. The van der Waals surface area contributed by atoms with E-state index in [1.807, 2.05) is 30.5 Å². The summed E-state index contributed by atoms with van der Waals surface area (Å²) >= 11 is 6.30. The third-order valence-electron chi connectivity index (χ3n) is 5.64. The number of rotatable bonds is 11. The number of amides is 2. The fraction of sp³-hybridized carbons (Fsp3) is 0.370. The molecule has 1 heterocycles. The van der Waals surface area contributed by atoms with Gasteiger partial charge in [0.2, 0.25) is 5.91 Å². The Morgan fingerprint density at radius 2 is 1.86 bits per heavy atom. The number of ether oxygens (including phenoxy) is 2. The van der Waals surface area contributed by atoms with E-state index in [4.69, 9.17) is 21.1 Å². The van der Waals surface area contributed by atoms with Crippen molar-refractivity contribution in [3.05, 3.63) is 64.3 Å². The Morgan fingerprint density at radius 3 is 2.56 bits per heavy atom. The maximum absolute atomic E-state index is 13.0. The van der Waals surface area contributed by atoms with Gasteiger partial charge in [0.05, 0.1) is 17.2 Å². The molecule has 1 aromatic heterocycles. The summed E-state index contributed by atoms with van der Waals surface area (Å²) in [6, 6.07) is 12.3. The number of nitrogens with zero attached hydrogens (tertiary/aromatic N) is 1. The number of benzene rings is 2. The second kappa shape index (κ2) is 12.6. The third kappa shape index (κ3) is 6.65.